The lowest BCUT2D eigenvalue weighted by atomic mass is 10.2. The molecule has 0 bridgehead atoms. The van der Waals surface area contributed by atoms with Gasteiger partial charge < -0.3 is 19.1 Å². The van der Waals surface area contributed by atoms with E-state index in [0.717, 1.165) is 33.7 Å². The molecule has 2 heterocycles. The van der Waals surface area contributed by atoms with Crippen molar-refractivity contribution >= 4 is 11.8 Å². The molecule has 3 aromatic rings. The van der Waals surface area contributed by atoms with Crippen LogP contribution in [0.1, 0.15) is 22.4 Å². The Labute approximate surface area is 156 Å². The van der Waals surface area contributed by atoms with Gasteiger partial charge in [-0.25, -0.2) is 4.98 Å². The molecule has 5 nitrogen and oxygen atoms in total. The maximum absolute atomic E-state index is 9.67. The summed E-state index contributed by atoms with van der Waals surface area (Å²) in [7, 11) is 0. The van der Waals surface area contributed by atoms with Crippen molar-refractivity contribution in [3.05, 3.63) is 71.0 Å². The first-order chi connectivity index (χ1) is 12.7. The van der Waals surface area contributed by atoms with E-state index in [1.807, 2.05) is 18.2 Å². The summed E-state index contributed by atoms with van der Waals surface area (Å²) in [5.41, 5.74) is 4.39. The first-order valence-electron chi connectivity index (χ1n) is 8.45. The second kappa shape index (κ2) is 7.43. The van der Waals surface area contributed by atoms with Crippen LogP contribution >= 0.6 is 11.8 Å². The Bertz CT molecular complexity index is 906. The summed E-state index contributed by atoms with van der Waals surface area (Å²) in [6.45, 7) is 2.94. The van der Waals surface area contributed by atoms with E-state index >= 15 is 0 Å². The fourth-order valence-electron chi connectivity index (χ4n) is 2.86. The molecule has 134 valence electrons. The molecule has 4 rings (SSSR count). The van der Waals surface area contributed by atoms with Gasteiger partial charge in [0.15, 0.2) is 16.7 Å². The molecule has 0 atom stereocenters. The van der Waals surface area contributed by atoms with E-state index in [1.165, 1.54) is 11.1 Å². The van der Waals surface area contributed by atoms with Crippen molar-refractivity contribution in [1.29, 1.82) is 0 Å². The Hall–Kier alpha value is -2.44. The molecule has 0 saturated heterocycles. The summed E-state index contributed by atoms with van der Waals surface area (Å²) in [4.78, 5) is 4.50. The highest BCUT2D eigenvalue weighted by atomic mass is 32.2. The molecule has 0 saturated carbocycles. The zero-order valence-electron chi connectivity index (χ0n) is 14.5. The van der Waals surface area contributed by atoms with Crippen LogP contribution in [-0.2, 0) is 18.9 Å². The van der Waals surface area contributed by atoms with Gasteiger partial charge in [0.25, 0.3) is 0 Å². The second-order valence-electron chi connectivity index (χ2n) is 6.24. The molecule has 0 spiro atoms. The number of thioether (sulfide) groups is 1. The third kappa shape index (κ3) is 3.57. The number of imidazole rings is 1. The molecule has 0 radical (unpaired) electrons. The standard InChI is InChI=1S/C20H20N2O3S/c1-14-2-4-15(5-3-14)12-26-20-21-9-17(11-23)22(20)10-16-6-7-18-19(8-16)25-13-24-18/h2-9,23H,10-13H2,1H3. The molecule has 1 aliphatic heterocycles. The van der Waals surface area contributed by atoms with E-state index in [-0.39, 0.29) is 13.4 Å². The molecule has 0 unspecified atom stereocenters. The van der Waals surface area contributed by atoms with Gasteiger partial charge in [0.1, 0.15) is 0 Å². The molecule has 0 aliphatic carbocycles. The topological polar surface area (TPSA) is 56.5 Å². The number of benzene rings is 2. The second-order valence-corrected chi connectivity index (χ2v) is 7.18. The maximum atomic E-state index is 9.67. The minimum Gasteiger partial charge on any atom is -0.454 e. The number of hydrogen-bond donors (Lipinski definition) is 1. The van der Waals surface area contributed by atoms with E-state index < -0.39 is 0 Å². The first kappa shape index (κ1) is 17.0. The molecule has 1 N–H and O–H groups in total. The fourth-order valence-corrected chi connectivity index (χ4v) is 3.81. The van der Waals surface area contributed by atoms with Gasteiger partial charge in [-0.15, -0.1) is 0 Å². The molecule has 0 amide bonds. The zero-order valence-corrected chi connectivity index (χ0v) is 15.3. The Morgan fingerprint density at radius 3 is 2.65 bits per heavy atom. The number of ether oxygens (including phenoxy) is 2. The van der Waals surface area contributed by atoms with Gasteiger partial charge in [0.05, 0.1) is 25.0 Å². The van der Waals surface area contributed by atoms with Gasteiger partial charge in [-0.1, -0.05) is 47.7 Å². The molecular weight excluding hydrogens is 348 g/mol. The molecule has 0 fully saturated rings. The van der Waals surface area contributed by atoms with Crippen molar-refractivity contribution in [2.75, 3.05) is 6.79 Å². The summed E-state index contributed by atoms with van der Waals surface area (Å²) in [6, 6.07) is 14.4. The Kier molecular flexibility index (Phi) is 4.86. The van der Waals surface area contributed by atoms with Crippen molar-refractivity contribution in [3.8, 4) is 11.5 Å². The monoisotopic (exact) mass is 368 g/mol. The van der Waals surface area contributed by atoms with Crippen LogP contribution in [-0.4, -0.2) is 21.5 Å². The Morgan fingerprint density at radius 2 is 1.85 bits per heavy atom. The molecular formula is C20H20N2O3S. The average Bonchev–Trinajstić information content (AvgIpc) is 3.27. The molecule has 2 aromatic carbocycles. The largest absolute Gasteiger partial charge is 0.454 e. The summed E-state index contributed by atoms with van der Waals surface area (Å²) < 4.78 is 12.9. The summed E-state index contributed by atoms with van der Waals surface area (Å²) in [5, 5.41) is 10.6. The number of aliphatic hydroxyl groups excluding tert-OH is 1. The Morgan fingerprint density at radius 1 is 1.08 bits per heavy atom. The number of nitrogens with zero attached hydrogens (tertiary/aromatic N) is 2. The number of aryl methyl sites for hydroxylation is 1. The lowest BCUT2D eigenvalue weighted by molar-refractivity contribution is 0.174. The molecule has 1 aromatic heterocycles. The third-order valence-electron chi connectivity index (χ3n) is 4.33. The van der Waals surface area contributed by atoms with Gasteiger partial charge in [0.2, 0.25) is 6.79 Å². The highest BCUT2D eigenvalue weighted by molar-refractivity contribution is 7.98. The van der Waals surface area contributed by atoms with Crippen molar-refractivity contribution in [2.45, 2.75) is 31.0 Å². The van der Waals surface area contributed by atoms with E-state index in [0.29, 0.717) is 6.54 Å². The molecule has 26 heavy (non-hydrogen) atoms. The lowest BCUT2D eigenvalue weighted by Crippen LogP contribution is -2.06. The fraction of sp³-hybridized carbons (Fsp3) is 0.250. The SMILES string of the molecule is Cc1ccc(CSc2ncc(CO)n2Cc2ccc3c(c2)OCO3)cc1. The van der Waals surface area contributed by atoms with E-state index in [1.54, 1.807) is 18.0 Å². The minimum absolute atomic E-state index is 0.0390. The predicted octanol–water partition coefficient (Wildman–Crippen LogP) is 3.75. The number of aromatic nitrogens is 2. The van der Waals surface area contributed by atoms with Crippen LogP contribution in [0.2, 0.25) is 0 Å². The summed E-state index contributed by atoms with van der Waals surface area (Å²) in [6.07, 6.45) is 1.74. The smallest absolute Gasteiger partial charge is 0.231 e. The quantitative estimate of drug-likeness (QED) is 0.672. The number of aliphatic hydroxyl groups is 1. The van der Waals surface area contributed by atoms with Crippen LogP contribution < -0.4 is 9.47 Å². The summed E-state index contributed by atoms with van der Waals surface area (Å²) in [5.74, 6) is 2.38. The number of rotatable bonds is 6. The van der Waals surface area contributed by atoms with E-state index in [2.05, 4.69) is 40.7 Å². The zero-order chi connectivity index (χ0) is 17.9. The lowest BCUT2D eigenvalue weighted by Gasteiger charge is -2.11. The number of fused-ring (bicyclic) bond motifs is 1. The van der Waals surface area contributed by atoms with Crippen molar-refractivity contribution in [1.82, 2.24) is 9.55 Å². The van der Waals surface area contributed by atoms with Gasteiger partial charge in [-0.3, -0.25) is 0 Å². The molecule has 6 heteroatoms. The van der Waals surface area contributed by atoms with Crippen LogP contribution in [0.25, 0.3) is 0 Å². The van der Waals surface area contributed by atoms with Crippen LogP contribution in [0.5, 0.6) is 11.5 Å². The van der Waals surface area contributed by atoms with Crippen molar-refractivity contribution in [3.63, 3.8) is 0 Å². The molecule has 1 aliphatic rings. The highest BCUT2D eigenvalue weighted by Gasteiger charge is 2.15. The van der Waals surface area contributed by atoms with Gasteiger partial charge in [-0.05, 0) is 30.2 Å². The van der Waals surface area contributed by atoms with E-state index in [9.17, 15) is 5.11 Å². The van der Waals surface area contributed by atoms with Gasteiger partial charge in [0, 0.05) is 5.75 Å². The first-order valence-corrected chi connectivity index (χ1v) is 9.43. The van der Waals surface area contributed by atoms with Crippen molar-refractivity contribution in [2.24, 2.45) is 0 Å². The average molecular weight is 368 g/mol. The third-order valence-corrected chi connectivity index (χ3v) is 5.39. The summed E-state index contributed by atoms with van der Waals surface area (Å²) >= 11 is 1.67. The maximum Gasteiger partial charge on any atom is 0.231 e. The van der Waals surface area contributed by atoms with Crippen LogP contribution in [0.3, 0.4) is 0 Å². The van der Waals surface area contributed by atoms with Gasteiger partial charge in [-0.2, -0.15) is 0 Å². The van der Waals surface area contributed by atoms with Crippen LogP contribution in [0.15, 0.2) is 53.8 Å². The van der Waals surface area contributed by atoms with Crippen LogP contribution in [0, 0.1) is 6.92 Å². The van der Waals surface area contributed by atoms with Gasteiger partial charge >= 0.3 is 0 Å². The normalized spacial score (nSPS) is 12.5. The number of hydrogen-bond acceptors (Lipinski definition) is 5. The van der Waals surface area contributed by atoms with E-state index in [4.69, 9.17) is 9.47 Å². The Balaban J connectivity index is 1.53. The van der Waals surface area contributed by atoms with Crippen molar-refractivity contribution < 1.29 is 14.6 Å². The highest BCUT2D eigenvalue weighted by Crippen LogP contribution is 2.33. The predicted molar refractivity (Wildman–Crippen MR) is 101 cm³/mol. The minimum atomic E-state index is -0.0390. The van der Waals surface area contributed by atoms with Crippen LogP contribution in [0.4, 0.5) is 0 Å².